The van der Waals surface area contributed by atoms with Gasteiger partial charge in [0.1, 0.15) is 5.75 Å². The molecule has 0 fully saturated rings. The minimum absolute atomic E-state index is 0.0834. The van der Waals surface area contributed by atoms with Crippen LogP contribution in [0.15, 0.2) is 36.7 Å². The zero-order valence-corrected chi connectivity index (χ0v) is 13.6. The van der Waals surface area contributed by atoms with E-state index < -0.39 is 0 Å². The van der Waals surface area contributed by atoms with Gasteiger partial charge in [-0.15, -0.1) is 0 Å². The minimum atomic E-state index is 0.0834. The van der Waals surface area contributed by atoms with Gasteiger partial charge in [-0.05, 0) is 31.2 Å². The van der Waals surface area contributed by atoms with Crippen molar-refractivity contribution < 1.29 is 9.53 Å². The molecule has 0 aliphatic heterocycles. The van der Waals surface area contributed by atoms with Gasteiger partial charge in [0.15, 0.2) is 0 Å². The molecule has 0 unspecified atom stereocenters. The summed E-state index contributed by atoms with van der Waals surface area (Å²) in [4.78, 5) is 14.2. The van der Waals surface area contributed by atoms with Crippen molar-refractivity contribution in [2.45, 2.75) is 26.4 Å². The van der Waals surface area contributed by atoms with E-state index in [9.17, 15) is 4.79 Å². The first-order chi connectivity index (χ1) is 10.6. The summed E-state index contributed by atoms with van der Waals surface area (Å²) in [6, 6.07) is 7.28. The number of carbonyl (C=O) groups is 1. The van der Waals surface area contributed by atoms with E-state index in [1.165, 1.54) is 0 Å². The summed E-state index contributed by atoms with van der Waals surface area (Å²) in [5.41, 5.74) is 0.907. The maximum atomic E-state index is 12.4. The van der Waals surface area contributed by atoms with E-state index in [0.29, 0.717) is 31.1 Å². The second-order valence-corrected chi connectivity index (χ2v) is 5.32. The van der Waals surface area contributed by atoms with Gasteiger partial charge in [-0.25, -0.2) is 0 Å². The smallest absolute Gasteiger partial charge is 0.224 e. The number of carbonyl (C=O) groups excluding carboxylic acids is 1. The molecule has 5 nitrogen and oxygen atoms in total. The Balaban J connectivity index is 2.02. The molecule has 0 radical (unpaired) electrons. The average molecular weight is 322 g/mol. The molecule has 0 saturated heterocycles. The SMILES string of the molecule is CCN(Cc1cc(Cl)ccc1OC)C(=O)CCn1cccn1. The Morgan fingerprint density at radius 2 is 2.27 bits per heavy atom. The van der Waals surface area contributed by atoms with Crippen LogP contribution in [0.3, 0.4) is 0 Å². The molecule has 0 atom stereocenters. The van der Waals surface area contributed by atoms with E-state index >= 15 is 0 Å². The van der Waals surface area contributed by atoms with Gasteiger partial charge in [0.05, 0.1) is 7.11 Å². The lowest BCUT2D eigenvalue weighted by atomic mass is 10.1. The average Bonchev–Trinajstić information content (AvgIpc) is 3.04. The van der Waals surface area contributed by atoms with E-state index in [1.807, 2.05) is 31.3 Å². The van der Waals surface area contributed by atoms with Crippen LogP contribution in [0, 0.1) is 0 Å². The van der Waals surface area contributed by atoms with Crippen molar-refractivity contribution in [3.8, 4) is 5.75 Å². The molecule has 0 spiro atoms. The molecule has 0 N–H and O–H groups in total. The van der Waals surface area contributed by atoms with Crippen LogP contribution in [0.2, 0.25) is 5.02 Å². The number of amides is 1. The number of nitrogens with zero attached hydrogens (tertiary/aromatic N) is 3. The number of halogens is 1. The number of benzene rings is 1. The van der Waals surface area contributed by atoms with E-state index in [1.54, 1.807) is 29.0 Å². The molecular formula is C16H20ClN3O2. The van der Waals surface area contributed by atoms with Gasteiger partial charge in [-0.1, -0.05) is 11.6 Å². The second kappa shape index (κ2) is 7.84. The fraction of sp³-hybridized carbons (Fsp3) is 0.375. The highest BCUT2D eigenvalue weighted by Gasteiger charge is 2.15. The Hall–Kier alpha value is -2.01. The molecule has 0 aliphatic carbocycles. The maximum absolute atomic E-state index is 12.4. The Morgan fingerprint density at radius 1 is 1.45 bits per heavy atom. The van der Waals surface area contributed by atoms with E-state index in [4.69, 9.17) is 16.3 Å². The zero-order valence-electron chi connectivity index (χ0n) is 12.8. The lowest BCUT2D eigenvalue weighted by Crippen LogP contribution is -2.31. The summed E-state index contributed by atoms with van der Waals surface area (Å²) in [5, 5.41) is 4.74. The number of rotatable bonds is 7. The highest BCUT2D eigenvalue weighted by Crippen LogP contribution is 2.24. The molecule has 6 heteroatoms. The lowest BCUT2D eigenvalue weighted by molar-refractivity contribution is -0.131. The van der Waals surface area contributed by atoms with E-state index in [-0.39, 0.29) is 5.91 Å². The number of ether oxygens (including phenoxy) is 1. The van der Waals surface area contributed by atoms with Crippen molar-refractivity contribution in [2.75, 3.05) is 13.7 Å². The highest BCUT2D eigenvalue weighted by atomic mass is 35.5. The number of methoxy groups -OCH3 is 1. The molecular weight excluding hydrogens is 302 g/mol. The Labute approximate surface area is 135 Å². The summed E-state index contributed by atoms with van der Waals surface area (Å²) in [5.74, 6) is 0.822. The van der Waals surface area contributed by atoms with E-state index in [2.05, 4.69) is 5.10 Å². The first kappa shape index (κ1) is 16.4. The quantitative estimate of drug-likeness (QED) is 0.787. The molecule has 22 heavy (non-hydrogen) atoms. The van der Waals surface area contributed by atoms with Crippen molar-refractivity contribution in [1.29, 1.82) is 0 Å². The van der Waals surface area contributed by atoms with Gasteiger partial charge in [0.25, 0.3) is 0 Å². The van der Waals surface area contributed by atoms with Crippen molar-refractivity contribution in [3.63, 3.8) is 0 Å². The van der Waals surface area contributed by atoms with Crippen molar-refractivity contribution in [1.82, 2.24) is 14.7 Å². The lowest BCUT2D eigenvalue weighted by Gasteiger charge is -2.22. The number of aromatic nitrogens is 2. The van der Waals surface area contributed by atoms with Crippen molar-refractivity contribution >= 4 is 17.5 Å². The molecule has 1 aromatic heterocycles. The summed E-state index contributed by atoms with van der Waals surface area (Å²) in [6.07, 6.45) is 3.97. The van der Waals surface area contributed by atoms with Crippen molar-refractivity contribution in [3.05, 3.63) is 47.2 Å². The van der Waals surface area contributed by atoms with Gasteiger partial charge in [-0.2, -0.15) is 5.10 Å². The Morgan fingerprint density at radius 3 is 2.91 bits per heavy atom. The molecule has 2 rings (SSSR count). The third-order valence-corrected chi connectivity index (χ3v) is 3.69. The summed E-state index contributed by atoms with van der Waals surface area (Å²) in [7, 11) is 1.61. The van der Waals surface area contributed by atoms with Gasteiger partial charge < -0.3 is 9.64 Å². The molecule has 2 aromatic rings. The number of hydrogen-bond donors (Lipinski definition) is 0. The first-order valence-corrected chi connectivity index (χ1v) is 7.59. The fourth-order valence-corrected chi connectivity index (χ4v) is 2.45. The van der Waals surface area contributed by atoms with Gasteiger partial charge in [0, 0.05) is 49.0 Å². The van der Waals surface area contributed by atoms with Crippen LogP contribution in [-0.4, -0.2) is 34.2 Å². The van der Waals surface area contributed by atoms with Gasteiger partial charge in [0.2, 0.25) is 5.91 Å². The maximum Gasteiger partial charge on any atom is 0.224 e. The predicted molar refractivity (Wildman–Crippen MR) is 85.9 cm³/mol. The third-order valence-electron chi connectivity index (χ3n) is 3.45. The Bertz CT molecular complexity index is 614. The van der Waals surface area contributed by atoms with Crippen LogP contribution in [0.1, 0.15) is 18.9 Å². The molecule has 0 bridgehead atoms. The van der Waals surface area contributed by atoms with Crippen LogP contribution < -0.4 is 4.74 Å². The summed E-state index contributed by atoms with van der Waals surface area (Å²) >= 11 is 6.04. The number of aryl methyl sites for hydroxylation is 1. The molecule has 1 aromatic carbocycles. The molecule has 0 aliphatic rings. The van der Waals surface area contributed by atoms with Crippen LogP contribution in [0.25, 0.3) is 0 Å². The third kappa shape index (κ3) is 4.24. The monoisotopic (exact) mass is 321 g/mol. The predicted octanol–water partition coefficient (Wildman–Crippen LogP) is 2.98. The minimum Gasteiger partial charge on any atom is -0.496 e. The van der Waals surface area contributed by atoms with Gasteiger partial charge in [-0.3, -0.25) is 9.48 Å². The fourth-order valence-electron chi connectivity index (χ4n) is 2.25. The van der Waals surface area contributed by atoms with E-state index in [0.717, 1.165) is 11.3 Å². The molecule has 1 amide bonds. The highest BCUT2D eigenvalue weighted by molar-refractivity contribution is 6.30. The largest absolute Gasteiger partial charge is 0.496 e. The standard InChI is InChI=1S/C16H20ClN3O2/c1-3-19(16(21)7-10-20-9-4-8-18-20)12-13-11-14(17)5-6-15(13)22-2/h4-6,8-9,11H,3,7,10,12H2,1-2H3. The molecule has 1 heterocycles. The topological polar surface area (TPSA) is 47.4 Å². The van der Waals surface area contributed by atoms with Crippen LogP contribution in [-0.2, 0) is 17.9 Å². The van der Waals surface area contributed by atoms with Crippen LogP contribution in [0.5, 0.6) is 5.75 Å². The normalized spacial score (nSPS) is 10.5. The number of hydrogen-bond acceptors (Lipinski definition) is 3. The summed E-state index contributed by atoms with van der Waals surface area (Å²) < 4.78 is 7.09. The molecule has 118 valence electrons. The Kier molecular flexibility index (Phi) is 5.83. The van der Waals surface area contributed by atoms with Gasteiger partial charge >= 0.3 is 0 Å². The molecule has 0 saturated carbocycles. The second-order valence-electron chi connectivity index (χ2n) is 4.88. The first-order valence-electron chi connectivity index (χ1n) is 7.21. The summed E-state index contributed by atoms with van der Waals surface area (Å²) in [6.45, 7) is 3.66. The van der Waals surface area contributed by atoms with Crippen LogP contribution >= 0.6 is 11.6 Å². The van der Waals surface area contributed by atoms with Crippen LogP contribution in [0.4, 0.5) is 0 Å². The van der Waals surface area contributed by atoms with Crippen molar-refractivity contribution in [2.24, 2.45) is 0 Å². The zero-order chi connectivity index (χ0) is 15.9.